The fraction of sp³-hybridized carbons (Fsp3) is 0.818. The van der Waals surface area contributed by atoms with Crippen LogP contribution in [0.25, 0.3) is 0 Å². The number of carboxylic acid groups (broad SMARTS) is 1. The van der Waals surface area contributed by atoms with Gasteiger partial charge < -0.3 is 10.0 Å². The lowest BCUT2D eigenvalue weighted by molar-refractivity contribution is -0.142. The van der Waals surface area contributed by atoms with Crippen molar-refractivity contribution in [2.24, 2.45) is 11.8 Å². The zero-order chi connectivity index (χ0) is 13.5. The van der Waals surface area contributed by atoms with Crippen LogP contribution in [0.4, 0.5) is 0 Å². The lowest BCUT2D eigenvalue weighted by Crippen LogP contribution is -2.42. The van der Waals surface area contributed by atoms with Gasteiger partial charge in [0.2, 0.25) is 5.91 Å². The van der Waals surface area contributed by atoms with Crippen molar-refractivity contribution in [2.75, 3.05) is 18.1 Å². The van der Waals surface area contributed by atoms with Gasteiger partial charge in [-0.15, -0.1) is 0 Å². The van der Waals surface area contributed by atoms with Crippen molar-refractivity contribution in [3.05, 3.63) is 0 Å². The molecule has 1 saturated heterocycles. The first-order valence-electron chi connectivity index (χ1n) is 6.09. The van der Waals surface area contributed by atoms with Crippen molar-refractivity contribution in [1.29, 1.82) is 0 Å². The summed E-state index contributed by atoms with van der Waals surface area (Å²) < 4.78 is 22.8. The molecule has 0 aromatic rings. The van der Waals surface area contributed by atoms with Crippen molar-refractivity contribution in [2.45, 2.75) is 25.8 Å². The summed E-state index contributed by atoms with van der Waals surface area (Å²) in [6, 6.07) is -0.275. The molecule has 102 valence electrons. The molecule has 2 fully saturated rings. The number of nitrogens with zero attached hydrogens (tertiary/aromatic N) is 1. The van der Waals surface area contributed by atoms with E-state index in [0.717, 1.165) is 0 Å². The van der Waals surface area contributed by atoms with E-state index in [0.29, 0.717) is 19.4 Å². The molecule has 0 aromatic carbocycles. The largest absolute Gasteiger partial charge is 0.481 e. The van der Waals surface area contributed by atoms with Gasteiger partial charge in [0.05, 0.1) is 23.3 Å². The number of aliphatic carboxylic acids is 1. The molecule has 0 bridgehead atoms. The van der Waals surface area contributed by atoms with Crippen LogP contribution >= 0.6 is 0 Å². The van der Waals surface area contributed by atoms with Gasteiger partial charge in [0, 0.05) is 12.6 Å². The van der Waals surface area contributed by atoms with Gasteiger partial charge in [0.15, 0.2) is 9.84 Å². The second-order valence-electron chi connectivity index (χ2n) is 4.97. The van der Waals surface area contributed by atoms with Crippen LogP contribution in [-0.2, 0) is 19.4 Å². The van der Waals surface area contributed by atoms with Crippen LogP contribution in [-0.4, -0.2) is 54.4 Å². The second kappa shape index (κ2) is 4.53. The molecule has 2 rings (SSSR count). The summed E-state index contributed by atoms with van der Waals surface area (Å²) in [5.41, 5.74) is 0. The maximum absolute atomic E-state index is 12.1. The number of rotatable bonds is 4. The Morgan fingerprint density at radius 3 is 2.39 bits per heavy atom. The average molecular weight is 275 g/mol. The highest BCUT2D eigenvalue weighted by Gasteiger charge is 2.51. The van der Waals surface area contributed by atoms with Gasteiger partial charge in [0.1, 0.15) is 0 Å². The molecule has 0 spiro atoms. The van der Waals surface area contributed by atoms with E-state index in [-0.39, 0.29) is 23.5 Å². The van der Waals surface area contributed by atoms with E-state index in [1.165, 1.54) is 4.90 Å². The maximum Gasteiger partial charge on any atom is 0.307 e. The SMILES string of the molecule is CCN(C(=O)[C@@H]1C[C@H]1C(=O)O)[C@@H]1CCS(=O)(=O)C1. The third kappa shape index (κ3) is 2.50. The Labute approximate surface area is 106 Å². The molecule has 2 aliphatic rings. The first-order valence-corrected chi connectivity index (χ1v) is 7.91. The fourth-order valence-electron chi connectivity index (χ4n) is 2.57. The number of amides is 1. The maximum atomic E-state index is 12.1. The molecular weight excluding hydrogens is 258 g/mol. The fourth-order valence-corrected chi connectivity index (χ4v) is 4.30. The first-order chi connectivity index (χ1) is 8.35. The highest BCUT2D eigenvalue weighted by atomic mass is 32.2. The van der Waals surface area contributed by atoms with Gasteiger partial charge in [-0.3, -0.25) is 9.59 Å². The van der Waals surface area contributed by atoms with E-state index < -0.39 is 27.6 Å². The molecule has 1 heterocycles. The van der Waals surface area contributed by atoms with Crippen LogP contribution in [0.5, 0.6) is 0 Å². The predicted octanol–water partition coefficient (Wildman–Crippen LogP) is -0.257. The monoisotopic (exact) mass is 275 g/mol. The Hall–Kier alpha value is -1.11. The van der Waals surface area contributed by atoms with Gasteiger partial charge in [-0.2, -0.15) is 0 Å². The molecule has 3 atom stereocenters. The molecule has 18 heavy (non-hydrogen) atoms. The number of hydrogen-bond donors (Lipinski definition) is 1. The summed E-state index contributed by atoms with van der Waals surface area (Å²) in [5, 5.41) is 8.81. The van der Waals surface area contributed by atoms with Gasteiger partial charge >= 0.3 is 5.97 Å². The Morgan fingerprint density at radius 2 is 2.00 bits per heavy atom. The summed E-state index contributed by atoms with van der Waals surface area (Å²) in [6.07, 6.45) is 0.844. The van der Waals surface area contributed by atoms with E-state index >= 15 is 0 Å². The molecule has 1 N–H and O–H groups in total. The lowest BCUT2D eigenvalue weighted by atomic mass is 10.2. The predicted molar refractivity (Wildman–Crippen MR) is 63.7 cm³/mol. The van der Waals surface area contributed by atoms with Crippen LogP contribution in [0, 0.1) is 11.8 Å². The summed E-state index contributed by atoms with van der Waals surface area (Å²) >= 11 is 0. The molecule has 1 aliphatic heterocycles. The highest BCUT2D eigenvalue weighted by molar-refractivity contribution is 7.91. The summed E-state index contributed by atoms with van der Waals surface area (Å²) in [6.45, 7) is 2.23. The quantitative estimate of drug-likeness (QED) is 0.763. The Kier molecular flexibility index (Phi) is 3.35. The number of carboxylic acids is 1. The van der Waals surface area contributed by atoms with E-state index in [1.807, 2.05) is 0 Å². The minimum absolute atomic E-state index is 0.0110. The molecule has 0 unspecified atom stereocenters. The summed E-state index contributed by atoms with van der Waals surface area (Å²) in [5.74, 6) is -2.04. The Bertz CT molecular complexity index is 472. The van der Waals surface area contributed by atoms with Crippen LogP contribution in [0.2, 0.25) is 0 Å². The van der Waals surface area contributed by atoms with Crippen LogP contribution in [0.15, 0.2) is 0 Å². The summed E-state index contributed by atoms with van der Waals surface area (Å²) in [7, 11) is -3.03. The van der Waals surface area contributed by atoms with Gasteiger partial charge in [-0.05, 0) is 19.8 Å². The molecule has 0 aromatic heterocycles. The van der Waals surface area contributed by atoms with Crippen LogP contribution < -0.4 is 0 Å². The number of hydrogen-bond acceptors (Lipinski definition) is 4. The van der Waals surface area contributed by atoms with Gasteiger partial charge in [0.25, 0.3) is 0 Å². The first kappa shape index (κ1) is 13.3. The van der Waals surface area contributed by atoms with Crippen molar-refractivity contribution in [1.82, 2.24) is 4.90 Å². The average Bonchev–Trinajstić information content (AvgIpc) is 3.00. The minimum Gasteiger partial charge on any atom is -0.481 e. The van der Waals surface area contributed by atoms with E-state index in [2.05, 4.69) is 0 Å². The smallest absolute Gasteiger partial charge is 0.307 e. The zero-order valence-electron chi connectivity index (χ0n) is 10.2. The molecule has 1 amide bonds. The molecule has 1 aliphatic carbocycles. The normalized spacial score (nSPS) is 33.1. The molecular formula is C11H17NO5S. The number of carbonyl (C=O) groups excluding carboxylic acids is 1. The zero-order valence-corrected chi connectivity index (χ0v) is 11.0. The molecule has 1 saturated carbocycles. The summed E-state index contributed by atoms with van der Waals surface area (Å²) in [4.78, 5) is 24.4. The van der Waals surface area contributed by atoms with E-state index in [9.17, 15) is 18.0 Å². The molecule has 6 nitrogen and oxygen atoms in total. The van der Waals surface area contributed by atoms with Crippen molar-refractivity contribution in [3.8, 4) is 0 Å². The Balaban J connectivity index is 2.02. The molecule has 7 heteroatoms. The minimum atomic E-state index is -3.03. The number of sulfone groups is 1. The highest BCUT2D eigenvalue weighted by Crippen LogP contribution is 2.40. The van der Waals surface area contributed by atoms with Crippen molar-refractivity contribution < 1.29 is 23.1 Å². The van der Waals surface area contributed by atoms with Crippen molar-refractivity contribution >= 4 is 21.7 Å². The standard InChI is InChI=1S/C11H17NO5S/c1-2-12(7-3-4-18(16,17)6-7)10(13)8-5-9(8)11(14)15/h7-9H,2-6H2,1H3,(H,14,15)/t7-,8-,9-/m1/s1. The Morgan fingerprint density at radius 1 is 1.33 bits per heavy atom. The lowest BCUT2D eigenvalue weighted by Gasteiger charge is -2.27. The molecule has 0 radical (unpaired) electrons. The van der Waals surface area contributed by atoms with E-state index in [1.54, 1.807) is 6.92 Å². The topological polar surface area (TPSA) is 91.8 Å². The third-order valence-electron chi connectivity index (χ3n) is 3.70. The van der Waals surface area contributed by atoms with Gasteiger partial charge in [-0.25, -0.2) is 8.42 Å². The van der Waals surface area contributed by atoms with Crippen molar-refractivity contribution in [3.63, 3.8) is 0 Å². The second-order valence-corrected chi connectivity index (χ2v) is 7.20. The number of carbonyl (C=O) groups is 2. The van der Waals surface area contributed by atoms with Crippen LogP contribution in [0.3, 0.4) is 0 Å². The van der Waals surface area contributed by atoms with Crippen LogP contribution in [0.1, 0.15) is 19.8 Å². The van der Waals surface area contributed by atoms with E-state index in [4.69, 9.17) is 5.11 Å². The van der Waals surface area contributed by atoms with Gasteiger partial charge in [-0.1, -0.05) is 0 Å². The third-order valence-corrected chi connectivity index (χ3v) is 5.45.